The van der Waals surface area contributed by atoms with E-state index in [1.807, 2.05) is 4.90 Å². The van der Waals surface area contributed by atoms with Crippen molar-refractivity contribution >= 4 is 11.7 Å². The first-order valence-corrected chi connectivity index (χ1v) is 5.47. The molecule has 86 valence electrons. The largest absolute Gasteiger partial charge is 0.383 e. The number of morpholine rings is 1. The third kappa shape index (κ3) is 1.46. The van der Waals surface area contributed by atoms with Gasteiger partial charge in [-0.1, -0.05) is 0 Å². The van der Waals surface area contributed by atoms with Gasteiger partial charge >= 0.3 is 0 Å². The van der Waals surface area contributed by atoms with E-state index in [2.05, 4.69) is 10.2 Å². The number of rotatable bonds is 1. The maximum atomic E-state index is 12.1. The molecule has 3 rings (SSSR count). The first-order chi connectivity index (χ1) is 7.74. The van der Waals surface area contributed by atoms with Crippen LogP contribution in [-0.2, 0) is 4.74 Å². The summed E-state index contributed by atoms with van der Waals surface area (Å²) in [6, 6.07) is 0. The molecule has 0 aliphatic carbocycles. The van der Waals surface area contributed by atoms with Crippen LogP contribution in [0.15, 0.2) is 6.20 Å². The monoisotopic (exact) mass is 222 g/mol. The third-order valence-corrected chi connectivity index (χ3v) is 3.23. The lowest BCUT2D eigenvalue weighted by Crippen LogP contribution is -2.45. The van der Waals surface area contributed by atoms with Crippen LogP contribution < -0.4 is 5.73 Å². The van der Waals surface area contributed by atoms with Gasteiger partial charge < -0.3 is 15.4 Å². The molecule has 1 aromatic rings. The highest BCUT2D eigenvalue weighted by Gasteiger charge is 2.36. The van der Waals surface area contributed by atoms with Crippen LogP contribution in [0.5, 0.6) is 0 Å². The van der Waals surface area contributed by atoms with Crippen LogP contribution in [0.4, 0.5) is 5.82 Å². The average molecular weight is 222 g/mol. The van der Waals surface area contributed by atoms with Crippen molar-refractivity contribution in [3.05, 3.63) is 11.8 Å². The molecule has 16 heavy (non-hydrogen) atoms. The van der Waals surface area contributed by atoms with Crippen molar-refractivity contribution in [2.75, 3.05) is 18.8 Å². The van der Waals surface area contributed by atoms with Crippen LogP contribution in [0.3, 0.4) is 0 Å². The highest BCUT2D eigenvalue weighted by Crippen LogP contribution is 2.27. The van der Waals surface area contributed by atoms with Crippen molar-refractivity contribution in [2.24, 2.45) is 0 Å². The second kappa shape index (κ2) is 3.48. The van der Waals surface area contributed by atoms with E-state index < -0.39 is 0 Å². The van der Waals surface area contributed by atoms with E-state index in [4.69, 9.17) is 10.5 Å². The Bertz CT molecular complexity index is 405. The van der Waals surface area contributed by atoms with E-state index in [1.165, 1.54) is 6.20 Å². The summed E-state index contributed by atoms with van der Waals surface area (Å²) in [5.41, 5.74) is 6.10. The lowest BCUT2D eigenvalue weighted by atomic mass is 10.2. The minimum Gasteiger partial charge on any atom is -0.383 e. The van der Waals surface area contributed by atoms with Crippen LogP contribution in [0.1, 0.15) is 23.2 Å². The van der Waals surface area contributed by atoms with Crippen molar-refractivity contribution in [3.8, 4) is 0 Å². The fraction of sp³-hybridized carbons (Fsp3) is 0.600. The van der Waals surface area contributed by atoms with Crippen LogP contribution in [0.25, 0.3) is 0 Å². The number of nitrogens with zero attached hydrogens (tertiary/aromatic N) is 2. The molecule has 2 bridgehead atoms. The van der Waals surface area contributed by atoms with E-state index in [1.54, 1.807) is 0 Å². The summed E-state index contributed by atoms with van der Waals surface area (Å²) in [7, 11) is 0. The van der Waals surface area contributed by atoms with Crippen molar-refractivity contribution in [2.45, 2.75) is 25.0 Å². The molecule has 2 fully saturated rings. The summed E-state index contributed by atoms with van der Waals surface area (Å²) in [4.78, 5) is 13.9. The Labute approximate surface area is 92.7 Å². The molecule has 1 amide bonds. The summed E-state index contributed by atoms with van der Waals surface area (Å²) in [5, 5.41) is 6.34. The fourth-order valence-electron chi connectivity index (χ4n) is 2.42. The smallest absolute Gasteiger partial charge is 0.259 e. The number of amides is 1. The number of nitrogens with one attached hydrogen (secondary N) is 1. The molecule has 2 saturated heterocycles. The van der Waals surface area contributed by atoms with Gasteiger partial charge in [-0.2, -0.15) is 5.10 Å². The van der Waals surface area contributed by atoms with Crippen LogP contribution in [0, 0.1) is 0 Å². The molecule has 2 aliphatic rings. The zero-order valence-electron chi connectivity index (χ0n) is 8.85. The molecule has 0 spiro atoms. The number of hydrogen-bond acceptors (Lipinski definition) is 4. The number of nitrogen functional groups attached to an aromatic ring is 1. The average Bonchev–Trinajstić information content (AvgIpc) is 2.84. The number of carbonyl (C=O) groups excluding carboxylic acids is 1. The van der Waals surface area contributed by atoms with Crippen molar-refractivity contribution in [1.29, 1.82) is 0 Å². The number of aromatic amines is 1. The van der Waals surface area contributed by atoms with Crippen LogP contribution >= 0.6 is 0 Å². The molecule has 3 heterocycles. The van der Waals surface area contributed by atoms with Gasteiger partial charge in [0, 0.05) is 13.1 Å². The maximum Gasteiger partial charge on any atom is 0.259 e. The SMILES string of the molecule is Nc1[nH]ncc1C(=O)N1CC2CCC(C1)O2. The quantitative estimate of drug-likeness (QED) is 0.700. The Hall–Kier alpha value is -1.56. The fourth-order valence-corrected chi connectivity index (χ4v) is 2.42. The molecule has 1 aromatic heterocycles. The number of hydrogen-bond donors (Lipinski definition) is 2. The highest BCUT2D eigenvalue weighted by atomic mass is 16.5. The molecule has 0 radical (unpaired) electrons. The van der Waals surface area contributed by atoms with Gasteiger partial charge in [-0.25, -0.2) is 0 Å². The molecule has 2 unspecified atom stereocenters. The van der Waals surface area contributed by atoms with E-state index in [9.17, 15) is 4.79 Å². The molecule has 3 N–H and O–H groups in total. The zero-order chi connectivity index (χ0) is 11.1. The summed E-state index contributed by atoms with van der Waals surface area (Å²) in [6.07, 6.45) is 3.99. The van der Waals surface area contributed by atoms with Crippen LogP contribution in [0.2, 0.25) is 0 Å². The number of aromatic nitrogens is 2. The Kier molecular flexibility index (Phi) is 2.10. The summed E-state index contributed by atoms with van der Waals surface area (Å²) < 4.78 is 5.68. The summed E-state index contributed by atoms with van der Waals surface area (Å²) >= 11 is 0. The Morgan fingerprint density at radius 2 is 2.19 bits per heavy atom. The maximum absolute atomic E-state index is 12.1. The number of anilines is 1. The first-order valence-electron chi connectivity index (χ1n) is 5.47. The van der Waals surface area contributed by atoms with Gasteiger partial charge in [0.1, 0.15) is 11.4 Å². The summed E-state index contributed by atoms with van der Waals surface area (Å²) in [6.45, 7) is 1.33. The van der Waals surface area contributed by atoms with Gasteiger partial charge in [-0.3, -0.25) is 9.89 Å². The number of carbonyl (C=O) groups is 1. The van der Waals surface area contributed by atoms with E-state index in [-0.39, 0.29) is 18.1 Å². The Morgan fingerprint density at radius 1 is 1.50 bits per heavy atom. The molecule has 6 heteroatoms. The zero-order valence-corrected chi connectivity index (χ0v) is 8.85. The van der Waals surface area contributed by atoms with Gasteiger partial charge in [0.15, 0.2) is 0 Å². The van der Waals surface area contributed by atoms with Gasteiger partial charge in [-0.15, -0.1) is 0 Å². The standard InChI is InChI=1S/C10H14N4O2/c11-9-8(3-12-13-9)10(15)14-4-6-1-2-7(5-14)16-6/h3,6-7H,1-2,4-5H2,(H3,11,12,13). The number of H-pyrrole nitrogens is 1. The van der Waals surface area contributed by atoms with Gasteiger partial charge in [0.05, 0.1) is 18.4 Å². The van der Waals surface area contributed by atoms with Crippen molar-refractivity contribution in [3.63, 3.8) is 0 Å². The van der Waals surface area contributed by atoms with E-state index in [0.29, 0.717) is 24.5 Å². The number of likely N-dealkylation sites (tertiary alicyclic amines) is 1. The van der Waals surface area contributed by atoms with Gasteiger partial charge in [0.2, 0.25) is 0 Å². The molecule has 2 atom stereocenters. The molecule has 0 aromatic carbocycles. The normalized spacial score (nSPS) is 28.4. The van der Waals surface area contributed by atoms with Crippen LogP contribution in [-0.4, -0.2) is 46.3 Å². The topological polar surface area (TPSA) is 84.2 Å². The van der Waals surface area contributed by atoms with E-state index >= 15 is 0 Å². The molecular formula is C10H14N4O2. The minimum absolute atomic E-state index is 0.0496. The molecule has 6 nitrogen and oxygen atoms in total. The predicted octanol–water partition coefficient (Wildman–Crippen LogP) is -0.00470. The lowest BCUT2D eigenvalue weighted by molar-refractivity contribution is -0.0303. The summed E-state index contributed by atoms with van der Waals surface area (Å²) in [5.74, 6) is 0.287. The lowest BCUT2D eigenvalue weighted by Gasteiger charge is -2.31. The van der Waals surface area contributed by atoms with Crippen molar-refractivity contribution in [1.82, 2.24) is 15.1 Å². The number of ether oxygens (including phenoxy) is 1. The number of nitrogens with two attached hydrogens (primary N) is 1. The van der Waals surface area contributed by atoms with Gasteiger partial charge in [-0.05, 0) is 12.8 Å². The minimum atomic E-state index is -0.0496. The first kappa shape index (κ1) is 9.65. The van der Waals surface area contributed by atoms with E-state index in [0.717, 1.165) is 12.8 Å². The highest BCUT2D eigenvalue weighted by molar-refractivity contribution is 5.98. The second-order valence-electron chi connectivity index (χ2n) is 4.36. The molecular weight excluding hydrogens is 208 g/mol. The number of fused-ring (bicyclic) bond motifs is 2. The molecule has 2 aliphatic heterocycles. The van der Waals surface area contributed by atoms with Crippen molar-refractivity contribution < 1.29 is 9.53 Å². The Morgan fingerprint density at radius 3 is 2.75 bits per heavy atom. The Balaban J connectivity index is 1.79. The second-order valence-corrected chi connectivity index (χ2v) is 4.36. The van der Waals surface area contributed by atoms with Gasteiger partial charge in [0.25, 0.3) is 5.91 Å². The third-order valence-electron chi connectivity index (χ3n) is 3.23. The predicted molar refractivity (Wildman–Crippen MR) is 56.8 cm³/mol. The molecule has 0 saturated carbocycles.